The van der Waals surface area contributed by atoms with Gasteiger partial charge in [0.05, 0.1) is 5.54 Å². The number of β-lactam (4-membered cyclic amide) rings is 1. The van der Waals surface area contributed by atoms with Crippen molar-refractivity contribution in [2.45, 2.75) is 27.9 Å². The lowest BCUT2D eigenvalue weighted by molar-refractivity contribution is -0.148. The Morgan fingerprint density at radius 1 is 1.80 bits per heavy atom. The number of fused-ring (bicyclic) bond motifs is 1. The molecule has 2 aliphatic rings. The number of halogens is 2. The van der Waals surface area contributed by atoms with E-state index in [1.165, 1.54) is 11.8 Å². The third-order valence-electron chi connectivity index (χ3n) is 2.86. The molecule has 4 atom stereocenters. The fourth-order valence-electron chi connectivity index (χ4n) is 1.97. The highest BCUT2D eigenvalue weighted by molar-refractivity contribution is 9.10. The number of carbonyl (C=O) groups is 2. The predicted octanol–water partition coefficient (Wildman–Crippen LogP) is 1.12. The standard InChI is InChI=1S/C8H9BrClNO3S/c1-8(2-10)4(7(13)14)15-6-3(9)5(12)11(6)8/h3-4,6H,2H2,1H3,(H,13,14)/t3?,4?,6-,8?/m1/s1. The second-order valence-electron chi connectivity index (χ2n) is 3.85. The molecule has 2 heterocycles. The number of rotatable bonds is 2. The first-order valence-electron chi connectivity index (χ1n) is 4.35. The second kappa shape index (κ2) is 3.53. The van der Waals surface area contributed by atoms with Gasteiger partial charge in [-0.2, -0.15) is 0 Å². The minimum atomic E-state index is -0.912. The predicted molar refractivity (Wildman–Crippen MR) is 61.5 cm³/mol. The van der Waals surface area contributed by atoms with Crippen molar-refractivity contribution in [3.63, 3.8) is 0 Å². The van der Waals surface area contributed by atoms with Crippen LogP contribution in [0.4, 0.5) is 0 Å². The SMILES string of the molecule is CC1(CCl)C(C(=O)O)S[C@@H]2C(Br)C(=O)N21. The molecular weight excluding hydrogens is 306 g/mol. The zero-order valence-corrected chi connectivity index (χ0v) is 11.0. The maximum absolute atomic E-state index is 11.6. The topological polar surface area (TPSA) is 57.6 Å². The Labute approximate surface area is 104 Å². The van der Waals surface area contributed by atoms with Crippen molar-refractivity contribution in [1.29, 1.82) is 0 Å². The molecule has 3 unspecified atom stereocenters. The summed E-state index contributed by atoms with van der Waals surface area (Å²) in [5, 5.41) is 8.34. The van der Waals surface area contributed by atoms with Crippen molar-refractivity contribution in [3.8, 4) is 0 Å². The van der Waals surface area contributed by atoms with Gasteiger partial charge in [-0.1, -0.05) is 15.9 Å². The van der Waals surface area contributed by atoms with Gasteiger partial charge in [0.2, 0.25) is 5.91 Å². The highest BCUT2D eigenvalue weighted by Gasteiger charge is 2.64. The third-order valence-corrected chi connectivity index (χ3v) is 6.39. The molecule has 7 heteroatoms. The second-order valence-corrected chi connectivity index (χ2v) is 6.33. The summed E-state index contributed by atoms with van der Waals surface area (Å²) in [6.07, 6.45) is 0. The van der Waals surface area contributed by atoms with Gasteiger partial charge in [0.1, 0.15) is 15.5 Å². The first-order chi connectivity index (χ1) is 6.93. The molecule has 2 rings (SSSR count). The van der Waals surface area contributed by atoms with Crippen LogP contribution in [0.25, 0.3) is 0 Å². The highest BCUT2D eigenvalue weighted by atomic mass is 79.9. The summed E-state index contributed by atoms with van der Waals surface area (Å²) in [5.74, 6) is -0.844. The molecule has 0 aliphatic carbocycles. The molecule has 0 aromatic carbocycles. The van der Waals surface area contributed by atoms with E-state index in [4.69, 9.17) is 16.7 Å². The molecule has 0 radical (unpaired) electrons. The number of carbonyl (C=O) groups excluding carboxylic acids is 1. The van der Waals surface area contributed by atoms with Gasteiger partial charge in [-0.05, 0) is 6.92 Å². The van der Waals surface area contributed by atoms with Crippen LogP contribution in [0.3, 0.4) is 0 Å². The fourth-order valence-corrected chi connectivity index (χ4v) is 4.78. The van der Waals surface area contributed by atoms with Crippen LogP contribution in [0, 0.1) is 0 Å². The first kappa shape index (κ1) is 11.5. The van der Waals surface area contributed by atoms with Gasteiger partial charge >= 0.3 is 5.97 Å². The number of hydrogen-bond donors (Lipinski definition) is 1. The summed E-state index contributed by atoms with van der Waals surface area (Å²) in [5.41, 5.74) is -0.774. The minimum Gasteiger partial charge on any atom is -0.480 e. The molecule has 2 aliphatic heterocycles. The summed E-state index contributed by atoms with van der Waals surface area (Å²) >= 11 is 10.3. The van der Waals surface area contributed by atoms with Crippen molar-refractivity contribution in [1.82, 2.24) is 4.90 Å². The average molecular weight is 315 g/mol. The lowest BCUT2D eigenvalue weighted by atomic mass is 9.93. The summed E-state index contributed by atoms with van der Waals surface area (Å²) in [6.45, 7) is 1.72. The van der Waals surface area contributed by atoms with Gasteiger partial charge in [-0.15, -0.1) is 23.4 Å². The average Bonchev–Trinajstić information content (AvgIpc) is 2.49. The van der Waals surface area contributed by atoms with E-state index in [0.29, 0.717) is 0 Å². The van der Waals surface area contributed by atoms with Crippen LogP contribution in [0.2, 0.25) is 0 Å². The Kier molecular flexibility index (Phi) is 2.72. The van der Waals surface area contributed by atoms with E-state index >= 15 is 0 Å². The molecule has 0 aromatic heterocycles. The van der Waals surface area contributed by atoms with Crippen LogP contribution in [-0.4, -0.2) is 48.8 Å². The number of carboxylic acid groups (broad SMARTS) is 1. The number of alkyl halides is 2. The molecule has 1 N–H and O–H groups in total. The van der Waals surface area contributed by atoms with E-state index < -0.39 is 16.8 Å². The van der Waals surface area contributed by atoms with E-state index in [9.17, 15) is 9.59 Å². The fraction of sp³-hybridized carbons (Fsp3) is 0.750. The number of amides is 1. The van der Waals surface area contributed by atoms with Gasteiger partial charge in [0.25, 0.3) is 0 Å². The van der Waals surface area contributed by atoms with E-state index in [0.717, 1.165) is 0 Å². The van der Waals surface area contributed by atoms with Crippen molar-refractivity contribution >= 4 is 51.2 Å². The number of aliphatic carboxylic acids is 1. The Morgan fingerprint density at radius 3 is 2.87 bits per heavy atom. The smallest absolute Gasteiger partial charge is 0.319 e. The summed E-state index contributed by atoms with van der Waals surface area (Å²) < 4.78 is 0. The zero-order chi connectivity index (χ0) is 11.4. The van der Waals surface area contributed by atoms with Crippen LogP contribution >= 0.6 is 39.3 Å². The van der Waals surface area contributed by atoms with E-state index in [1.807, 2.05) is 0 Å². The van der Waals surface area contributed by atoms with Gasteiger partial charge in [-0.25, -0.2) is 0 Å². The van der Waals surface area contributed by atoms with Crippen molar-refractivity contribution in [2.24, 2.45) is 0 Å². The molecule has 0 aromatic rings. The zero-order valence-electron chi connectivity index (χ0n) is 7.81. The van der Waals surface area contributed by atoms with Crippen molar-refractivity contribution < 1.29 is 14.7 Å². The Morgan fingerprint density at radius 2 is 2.40 bits per heavy atom. The maximum atomic E-state index is 11.6. The molecular formula is C8H9BrClNO3S. The summed E-state index contributed by atoms with van der Waals surface area (Å²) in [6, 6.07) is 0. The molecule has 0 spiro atoms. The number of thioether (sulfide) groups is 1. The summed E-state index contributed by atoms with van der Waals surface area (Å²) in [4.78, 5) is 24.0. The molecule has 0 saturated carbocycles. The number of nitrogens with zero attached hydrogens (tertiary/aromatic N) is 1. The van der Waals surface area contributed by atoms with Crippen LogP contribution < -0.4 is 0 Å². The molecule has 2 fully saturated rings. The molecule has 2 saturated heterocycles. The molecule has 0 bridgehead atoms. The molecule has 1 amide bonds. The number of carboxylic acids is 1. The lowest BCUT2D eigenvalue weighted by Crippen LogP contribution is -2.66. The van der Waals surface area contributed by atoms with Crippen molar-refractivity contribution in [3.05, 3.63) is 0 Å². The normalized spacial score (nSPS) is 43.8. The van der Waals surface area contributed by atoms with Gasteiger partial charge in [0.15, 0.2) is 0 Å². The first-order valence-corrected chi connectivity index (χ1v) is 6.74. The highest BCUT2D eigenvalue weighted by Crippen LogP contribution is 2.52. The van der Waals surface area contributed by atoms with Gasteiger partial charge in [-0.3, -0.25) is 9.59 Å². The maximum Gasteiger partial charge on any atom is 0.319 e. The Bertz CT molecular complexity index is 338. The Balaban J connectivity index is 2.33. The van der Waals surface area contributed by atoms with E-state index in [1.54, 1.807) is 11.8 Å². The van der Waals surface area contributed by atoms with Crippen LogP contribution in [0.1, 0.15) is 6.92 Å². The van der Waals surface area contributed by atoms with Crippen molar-refractivity contribution in [2.75, 3.05) is 5.88 Å². The molecule has 15 heavy (non-hydrogen) atoms. The summed E-state index contributed by atoms with van der Waals surface area (Å²) in [7, 11) is 0. The minimum absolute atomic E-state index is 0.0700. The van der Waals surface area contributed by atoms with E-state index in [2.05, 4.69) is 15.9 Å². The number of hydrogen-bond acceptors (Lipinski definition) is 3. The van der Waals surface area contributed by atoms with Gasteiger partial charge in [0, 0.05) is 5.88 Å². The van der Waals surface area contributed by atoms with Gasteiger partial charge < -0.3 is 10.0 Å². The third kappa shape index (κ3) is 1.34. The molecule has 84 valence electrons. The van der Waals surface area contributed by atoms with Crippen LogP contribution in [-0.2, 0) is 9.59 Å². The quantitative estimate of drug-likeness (QED) is 0.613. The largest absolute Gasteiger partial charge is 0.480 e. The van der Waals surface area contributed by atoms with Crippen LogP contribution in [0.15, 0.2) is 0 Å². The monoisotopic (exact) mass is 313 g/mol. The van der Waals surface area contributed by atoms with E-state index in [-0.39, 0.29) is 22.0 Å². The lowest BCUT2D eigenvalue weighted by Gasteiger charge is -2.46. The molecule has 4 nitrogen and oxygen atoms in total. The van der Waals surface area contributed by atoms with Crippen LogP contribution in [0.5, 0.6) is 0 Å². The Hall–Kier alpha value is 0.0600.